The summed E-state index contributed by atoms with van der Waals surface area (Å²) in [5.74, 6) is 0.846. The van der Waals surface area contributed by atoms with E-state index in [4.69, 9.17) is 4.74 Å². The van der Waals surface area contributed by atoms with Crippen molar-refractivity contribution in [3.05, 3.63) is 50.9 Å². The number of nitrogens with zero attached hydrogens (tertiary/aromatic N) is 2. The maximum absolute atomic E-state index is 11.7. The molecule has 20 heavy (non-hydrogen) atoms. The fraction of sp³-hybridized carbons (Fsp3) is 0.286. The minimum Gasteiger partial charge on any atom is -0.497 e. The Kier molecular flexibility index (Phi) is 4.79. The van der Waals surface area contributed by atoms with Crippen LogP contribution in [-0.4, -0.2) is 23.4 Å². The van der Waals surface area contributed by atoms with Crippen molar-refractivity contribution in [3.63, 3.8) is 0 Å². The Morgan fingerprint density at radius 2 is 2.25 bits per heavy atom. The molecule has 0 atom stereocenters. The van der Waals surface area contributed by atoms with Crippen molar-refractivity contribution in [3.8, 4) is 5.75 Å². The van der Waals surface area contributed by atoms with Gasteiger partial charge in [-0.1, -0.05) is 12.1 Å². The van der Waals surface area contributed by atoms with Gasteiger partial charge in [0, 0.05) is 13.6 Å². The highest BCUT2D eigenvalue weighted by atomic mass is 79.9. The molecular formula is C14H16BrN3O2. The van der Waals surface area contributed by atoms with Crippen LogP contribution in [0.25, 0.3) is 0 Å². The second kappa shape index (κ2) is 6.56. The predicted octanol–water partition coefficient (Wildman–Crippen LogP) is 2.21. The normalized spacial score (nSPS) is 10.3. The SMILES string of the molecule is COc1cccc(CCNc2cnn(C)c(=O)c2Br)c1. The molecule has 0 aliphatic heterocycles. The summed E-state index contributed by atoms with van der Waals surface area (Å²) < 4.78 is 6.98. The largest absolute Gasteiger partial charge is 0.497 e. The van der Waals surface area contributed by atoms with Crippen LogP contribution in [0.1, 0.15) is 5.56 Å². The first-order chi connectivity index (χ1) is 9.61. The van der Waals surface area contributed by atoms with Gasteiger partial charge in [-0.2, -0.15) is 5.10 Å². The molecule has 0 bridgehead atoms. The summed E-state index contributed by atoms with van der Waals surface area (Å²) in [5, 5.41) is 7.19. The number of hydrogen-bond donors (Lipinski definition) is 1. The van der Waals surface area contributed by atoms with Gasteiger partial charge in [-0.3, -0.25) is 4.79 Å². The zero-order chi connectivity index (χ0) is 14.5. The number of nitrogens with one attached hydrogen (secondary N) is 1. The van der Waals surface area contributed by atoms with Crippen molar-refractivity contribution >= 4 is 21.6 Å². The van der Waals surface area contributed by atoms with Gasteiger partial charge in [0.1, 0.15) is 10.2 Å². The minimum absolute atomic E-state index is 0.156. The summed E-state index contributed by atoms with van der Waals surface area (Å²) in [6.45, 7) is 0.709. The third kappa shape index (κ3) is 3.39. The lowest BCUT2D eigenvalue weighted by Crippen LogP contribution is -2.21. The van der Waals surface area contributed by atoms with Crippen LogP contribution in [0.4, 0.5) is 5.69 Å². The fourth-order valence-electron chi connectivity index (χ4n) is 1.80. The lowest BCUT2D eigenvalue weighted by molar-refractivity contribution is 0.414. The molecule has 1 aromatic carbocycles. The molecule has 0 saturated carbocycles. The van der Waals surface area contributed by atoms with E-state index in [-0.39, 0.29) is 5.56 Å². The summed E-state index contributed by atoms with van der Waals surface area (Å²) in [5.41, 5.74) is 1.72. The number of aromatic nitrogens is 2. The van der Waals surface area contributed by atoms with E-state index in [0.717, 1.165) is 12.2 Å². The lowest BCUT2D eigenvalue weighted by Gasteiger charge is -2.09. The molecule has 1 aromatic heterocycles. The van der Waals surface area contributed by atoms with E-state index in [1.54, 1.807) is 20.4 Å². The molecule has 0 aliphatic rings. The van der Waals surface area contributed by atoms with Crippen molar-refractivity contribution < 1.29 is 4.74 Å². The Balaban J connectivity index is 1.99. The maximum atomic E-state index is 11.7. The van der Waals surface area contributed by atoms with Gasteiger partial charge < -0.3 is 10.1 Å². The number of aryl methyl sites for hydroxylation is 1. The zero-order valence-corrected chi connectivity index (χ0v) is 13.0. The van der Waals surface area contributed by atoms with Crippen LogP contribution in [0.15, 0.2) is 39.7 Å². The second-order valence-electron chi connectivity index (χ2n) is 4.33. The molecule has 5 nitrogen and oxygen atoms in total. The topological polar surface area (TPSA) is 56.1 Å². The van der Waals surface area contributed by atoms with E-state index in [0.29, 0.717) is 16.7 Å². The van der Waals surface area contributed by atoms with Crippen LogP contribution < -0.4 is 15.6 Å². The molecule has 0 aliphatic carbocycles. The van der Waals surface area contributed by atoms with E-state index in [1.165, 1.54) is 10.2 Å². The van der Waals surface area contributed by atoms with Crippen LogP contribution in [0, 0.1) is 0 Å². The van der Waals surface area contributed by atoms with Gasteiger partial charge in [0.15, 0.2) is 0 Å². The number of rotatable bonds is 5. The molecule has 6 heteroatoms. The Bertz CT molecular complexity index is 655. The Hall–Kier alpha value is -1.82. The molecular weight excluding hydrogens is 322 g/mol. The molecule has 0 fully saturated rings. The molecule has 2 aromatic rings. The van der Waals surface area contributed by atoms with E-state index in [2.05, 4.69) is 26.3 Å². The number of ether oxygens (including phenoxy) is 1. The average Bonchev–Trinajstić information content (AvgIpc) is 2.47. The van der Waals surface area contributed by atoms with E-state index in [9.17, 15) is 4.79 Å². The summed E-state index contributed by atoms with van der Waals surface area (Å²) in [4.78, 5) is 11.7. The first-order valence-corrected chi connectivity index (χ1v) is 6.99. The average molecular weight is 338 g/mol. The third-order valence-corrected chi connectivity index (χ3v) is 3.71. The Labute approximate surface area is 125 Å². The van der Waals surface area contributed by atoms with Crippen LogP contribution in [0.3, 0.4) is 0 Å². The second-order valence-corrected chi connectivity index (χ2v) is 5.12. The van der Waals surface area contributed by atoms with E-state index >= 15 is 0 Å². The smallest absolute Gasteiger partial charge is 0.282 e. The summed E-state index contributed by atoms with van der Waals surface area (Å²) in [6, 6.07) is 7.92. The maximum Gasteiger partial charge on any atom is 0.282 e. The predicted molar refractivity (Wildman–Crippen MR) is 82.4 cm³/mol. The van der Waals surface area contributed by atoms with Gasteiger partial charge in [-0.05, 0) is 40.0 Å². The summed E-state index contributed by atoms with van der Waals surface area (Å²) in [6.07, 6.45) is 2.47. The highest BCUT2D eigenvalue weighted by Crippen LogP contribution is 2.17. The van der Waals surface area contributed by atoms with Crippen LogP contribution in [0.5, 0.6) is 5.75 Å². The Morgan fingerprint density at radius 1 is 1.45 bits per heavy atom. The highest BCUT2D eigenvalue weighted by molar-refractivity contribution is 9.10. The number of anilines is 1. The zero-order valence-electron chi connectivity index (χ0n) is 11.4. The van der Waals surface area contributed by atoms with Gasteiger partial charge in [0.25, 0.3) is 5.56 Å². The van der Waals surface area contributed by atoms with Gasteiger partial charge in [0.2, 0.25) is 0 Å². The third-order valence-electron chi connectivity index (χ3n) is 2.94. The standard InChI is InChI=1S/C14H16BrN3O2/c1-18-14(19)13(15)12(9-17-18)16-7-6-10-4-3-5-11(8-10)20-2/h3-5,8-9,16H,6-7H2,1-2H3. The highest BCUT2D eigenvalue weighted by Gasteiger charge is 2.06. The lowest BCUT2D eigenvalue weighted by atomic mass is 10.1. The van der Waals surface area contributed by atoms with Crippen molar-refractivity contribution in [1.82, 2.24) is 9.78 Å². The first-order valence-electron chi connectivity index (χ1n) is 6.20. The van der Waals surface area contributed by atoms with Gasteiger partial charge >= 0.3 is 0 Å². The van der Waals surface area contributed by atoms with Crippen molar-refractivity contribution in [2.24, 2.45) is 7.05 Å². The molecule has 0 unspecified atom stereocenters. The summed E-state index contributed by atoms with van der Waals surface area (Å²) >= 11 is 3.28. The number of methoxy groups -OCH3 is 1. The molecule has 0 radical (unpaired) electrons. The number of benzene rings is 1. The molecule has 106 valence electrons. The van der Waals surface area contributed by atoms with E-state index < -0.39 is 0 Å². The van der Waals surface area contributed by atoms with Crippen LogP contribution in [-0.2, 0) is 13.5 Å². The van der Waals surface area contributed by atoms with E-state index in [1.807, 2.05) is 24.3 Å². The minimum atomic E-state index is -0.156. The molecule has 1 heterocycles. The van der Waals surface area contributed by atoms with Crippen molar-refractivity contribution in [2.75, 3.05) is 19.0 Å². The van der Waals surface area contributed by atoms with Crippen molar-refractivity contribution in [1.29, 1.82) is 0 Å². The van der Waals surface area contributed by atoms with Crippen LogP contribution in [0.2, 0.25) is 0 Å². The summed E-state index contributed by atoms with van der Waals surface area (Å²) in [7, 11) is 3.27. The number of halogens is 1. The molecule has 1 N–H and O–H groups in total. The Morgan fingerprint density at radius 3 is 3.00 bits per heavy atom. The van der Waals surface area contributed by atoms with Crippen LogP contribution >= 0.6 is 15.9 Å². The monoisotopic (exact) mass is 337 g/mol. The van der Waals surface area contributed by atoms with Crippen molar-refractivity contribution in [2.45, 2.75) is 6.42 Å². The quantitative estimate of drug-likeness (QED) is 0.908. The van der Waals surface area contributed by atoms with Gasteiger partial charge in [0.05, 0.1) is 19.0 Å². The molecule has 2 rings (SSSR count). The van der Waals surface area contributed by atoms with Gasteiger partial charge in [-0.15, -0.1) is 0 Å². The van der Waals surface area contributed by atoms with Gasteiger partial charge in [-0.25, -0.2) is 4.68 Å². The number of hydrogen-bond acceptors (Lipinski definition) is 4. The molecule has 0 saturated heterocycles. The first kappa shape index (κ1) is 14.6. The molecule has 0 amide bonds. The fourth-order valence-corrected chi connectivity index (χ4v) is 2.30. The molecule has 0 spiro atoms.